The molecular weight excluding hydrogens is 259 g/mol. The van der Waals surface area contributed by atoms with Gasteiger partial charge < -0.3 is 4.74 Å². The van der Waals surface area contributed by atoms with E-state index in [-0.39, 0.29) is 0 Å². The van der Waals surface area contributed by atoms with Crippen molar-refractivity contribution in [2.75, 3.05) is 7.11 Å². The minimum absolute atomic E-state index is 0.454. The van der Waals surface area contributed by atoms with Crippen molar-refractivity contribution in [1.29, 1.82) is 0 Å². The van der Waals surface area contributed by atoms with E-state index >= 15 is 0 Å². The topological polar surface area (TPSA) is 43.4 Å². The van der Waals surface area contributed by atoms with Gasteiger partial charge in [-0.3, -0.25) is 9.59 Å². The van der Waals surface area contributed by atoms with Gasteiger partial charge in [0.1, 0.15) is 5.76 Å². The van der Waals surface area contributed by atoms with Gasteiger partial charge in [0.25, 0.3) is 0 Å². The van der Waals surface area contributed by atoms with Crippen LogP contribution in [0.15, 0.2) is 21.5 Å². The maximum Gasteiger partial charge on any atom is 0.229 e. The van der Waals surface area contributed by atoms with Crippen LogP contribution in [-0.2, 0) is 14.3 Å². The summed E-state index contributed by atoms with van der Waals surface area (Å²) in [6.07, 6.45) is 2.46. The SMILES string of the molecule is COC1=CC(=O)C(=O)C=C1I. The van der Waals surface area contributed by atoms with Gasteiger partial charge in [0.15, 0.2) is 0 Å². The summed E-state index contributed by atoms with van der Waals surface area (Å²) in [6, 6.07) is 0. The number of rotatable bonds is 1. The summed E-state index contributed by atoms with van der Waals surface area (Å²) < 4.78 is 5.50. The van der Waals surface area contributed by atoms with Gasteiger partial charge in [-0.25, -0.2) is 0 Å². The molecule has 0 heterocycles. The number of hydrogen-bond donors (Lipinski definition) is 0. The van der Waals surface area contributed by atoms with Gasteiger partial charge in [-0.05, 0) is 22.6 Å². The Bertz CT molecular complexity index is 275. The molecule has 0 spiro atoms. The molecule has 1 rings (SSSR count). The number of hydrogen-bond acceptors (Lipinski definition) is 3. The Morgan fingerprint density at radius 3 is 2.36 bits per heavy atom. The van der Waals surface area contributed by atoms with E-state index in [0.29, 0.717) is 9.34 Å². The fraction of sp³-hybridized carbons (Fsp3) is 0.143. The molecule has 0 aromatic rings. The lowest BCUT2D eigenvalue weighted by Gasteiger charge is -2.07. The summed E-state index contributed by atoms with van der Waals surface area (Å²) in [4.78, 5) is 21.5. The second kappa shape index (κ2) is 3.17. The fourth-order valence-electron chi connectivity index (χ4n) is 0.673. The van der Waals surface area contributed by atoms with Crippen LogP contribution in [0.2, 0.25) is 0 Å². The minimum Gasteiger partial charge on any atom is -0.496 e. The van der Waals surface area contributed by atoms with Gasteiger partial charge in [0.05, 0.1) is 10.7 Å². The average molecular weight is 264 g/mol. The van der Waals surface area contributed by atoms with Crippen molar-refractivity contribution in [3.8, 4) is 0 Å². The zero-order chi connectivity index (χ0) is 8.43. The molecule has 11 heavy (non-hydrogen) atoms. The lowest BCUT2D eigenvalue weighted by Crippen LogP contribution is -2.13. The molecule has 0 unspecified atom stereocenters. The van der Waals surface area contributed by atoms with E-state index in [1.807, 2.05) is 22.6 Å². The lowest BCUT2D eigenvalue weighted by molar-refractivity contribution is -0.131. The van der Waals surface area contributed by atoms with Gasteiger partial charge >= 0.3 is 0 Å². The van der Waals surface area contributed by atoms with Crippen LogP contribution < -0.4 is 0 Å². The summed E-state index contributed by atoms with van der Waals surface area (Å²) in [6.45, 7) is 0. The standard InChI is InChI=1S/C7H5IO3/c1-11-7-3-6(10)5(9)2-4(7)8/h2-3H,1H3. The molecule has 1 aliphatic carbocycles. The molecule has 0 aromatic heterocycles. The van der Waals surface area contributed by atoms with Crippen LogP contribution in [0.1, 0.15) is 0 Å². The van der Waals surface area contributed by atoms with E-state index in [1.165, 1.54) is 19.3 Å². The van der Waals surface area contributed by atoms with E-state index in [2.05, 4.69) is 0 Å². The van der Waals surface area contributed by atoms with Crippen molar-refractivity contribution in [3.63, 3.8) is 0 Å². The number of allylic oxidation sites excluding steroid dienone is 3. The molecule has 0 N–H and O–H groups in total. The van der Waals surface area contributed by atoms with Gasteiger partial charge in [-0.1, -0.05) is 0 Å². The molecule has 58 valence electrons. The third-order valence-corrected chi connectivity index (χ3v) is 2.06. The fourth-order valence-corrected chi connectivity index (χ4v) is 1.33. The normalized spacial score (nSPS) is 17.6. The third kappa shape index (κ3) is 1.68. The van der Waals surface area contributed by atoms with Crippen LogP contribution >= 0.6 is 22.6 Å². The van der Waals surface area contributed by atoms with Crippen molar-refractivity contribution in [2.24, 2.45) is 0 Å². The van der Waals surface area contributed by atoms with Gasteiger partial charge in [-0.15, -0.1) is 0 Å². The second-order valence-corrected chi connectivity index (χ2v) is 3.10. The van der Waals surface area contributed by atoms with Crippen LogP contribution in [0.25, 0.3) is 0 Å². The van der Waals surface area contributed by atoms with E-state index < -0.39 is 11.6 Å². The third-order valence-electron chi connectivity index (χ3n) is 1.22. The van der Waals surface area contributed by atoms with Crippen molar-refractivity contribution in [2.45, 2.75) is 0 Å². The quantitative estimate of drug-likeness (QED) is 0.403. The first-order valence-electron chi connectivity index (χ1n) is 2.86. The average Bonchev–Trinajstić information content (AvgIpc) is 1.97. The highest BCUT2D eigenvalue weighted by Gasteiger charge is 2.18. The molecule has 0 aliphatic heterocycles. The first-order valence-corrected chi connectivity index (χ1v) is 3.94. The largest absolute Gasteiger partial charge is 0.496 e. The van der Waals surface area contributed by atoms with Gasteiger partial charge in [0.2, 0.25) is 11.6 Å². The van der Waals surface area contributed by atoms with Crippen LogP contribution in [0.4, 0.5) is 0 Å². The summed E-state index contributed by atoms with van der Waals surface area (Å²) in [5, 5.41) is 0. The Kier molecular flexibility index (Phi) is 2.43. The van der Waals surface area contributed by atoms with E-state index in [0.717, 1.165) is 0 Å². The molecule has 1 aliphatic rings. The highest BCUT2D eigenvalue weighted by Crippen LogP contribution is 2.21. The lowest BCUT2D eigenvalue weighted by atomic mass is 10.1. The highest BCUT2D eigenvalue weighted by atomic mass is 127. The molecule has 0 saturated heterocycles. The molecule has 0 amide bonds. The van der Waals surface area contributed by atoms with E-state index in [4.69, 9.17) is 4.74 Å². The van der Waals surface area contributed by atoms with Crippen LogP contribution in [-0.4, -0.2) is 18.7 Å². The number of ketones is 2. The summed E-state index contributed by atoms with van der Waals surface area (Å²) in [7, 11) is 1.46. The molecule has 4 heteroatoms. The summed E-state index contributed by atoms with van der Waals surface area (Å²) >= 11 is 1.94. The molecule has 0 radical (unpaired) electrons. The van der Waals surface area contributed by atoms with Crippen LogP contribution in [0, 0.1) is 0 Å². The molecule has 0 saturated carbocycles. The predicted molar refractivity (Wildman–Crippen MR) is 47.2 cm³/mol. The predicted octanol–water partition coefficient (Wildman–Crippen LogP) is 0.987. The Morgan fingerprint density at radius 1 is 1.27 bits per heavy atom. The first-order chi connectivity index (χ1) is 5.15. The summed E-state index contributed by atoms with van der Waals surface area (Å²) in [5.74, 6) is -0.562. The van der Waals surface area contributed by atoms with Crippen molar-refractivity contribution in [1.82, 2.24) is 0 Å². The maximum absolute atomic E-state index is 10.8. The number of carbonyl (C=O) groups excluding carboxylic acids is 2. The van der Waals surface area contributed by atoms with Crippen LogP contribution in [0.5, 0.6) is 0 Å². The number of halogens is 1. The van der Waals surface area contributed by atoms with Gasteiger partial charge in [-0.2, -0.15) is 0 Å². The van der Waals surface area contributed by atoms with Crippen molar-refractivity contribution < 1.29 is 14.3 Å². The van der Waals surface area contributed by atoms with Crippen LogP contribution in [0.3, 0.4) is 0 Å². The monoisotopic (exact) mass is 264 g/mol. The Morgan fingerprint density at radius 2 is 1.82 bits per heavy atom. The second-order valence-electron chi connectivity index (χ2n) is 1.93. The molecule has 0 fully saturated rings. The first kappa shape index (κ1) is 8.45. The number of methoxy groups -OCH3 is 1. The minimum atomic E-state index is -0.526. The molecule has 0 aromatic carbocycles. The number of carbonyl (C=O) groups is 2. The molecule has 3 nitrogen and oxygen atoms in total. The highest BCUT2D eigenvalue weighted by molar-refractivity contribution is 14.1. The van der Waals surface area contributed by atoms with Crippen molar-refractivity contribution in [3.05, 3.63) is 21.5 Å². The Balaban J connectivity index is 3.00. The number of ether oxygens (including phenoxy) is 1. The van der Waals surface area contributed by atoms with Gasteiger partial charge in [0, 0.05) is 12.2 Å². The van der Waals surface area contributed by atoms with E-state index in [1.54, 1.807) is 0 Å². The Labute approximate surface area is 77.2 Å². The zero-order valence-electron chi connectivity index (χ0n) is 5.76. The zero-order valence-corrected chi connectivity index (χ0v) is 7.91. The molecular formula is C7H5IO3. The van der Waals surface area contributed by atoms with Crippen molar-refractivity contribution >= 4 is 34.2 Å². The summed E-state index contributed by atoms with van der Waals surface area (Å²) in [5.41, 5.74) is 0. The maximum atomic E-state index is 10.8. The Hall–Kier alpha value is -0.650. The molecule has 0 atom stereocenters. The molecule has 0 bridgehead atoms. The van der Waals surface area contributed by atoms with E-state index in [9.17, 15) is 9.59 Å². The smallest absolute Gasteiger partial charge is 0.229 e.